The highest BCUT2D eigenvalue weighted by molar-refractivity contribution is 4.81. The molecule has 0 aliphatic carbocycles. The summed E-state index contributed by atoms with van der Waals surface area (Å²) in [5.41, 5.74) is 0.435. The van der Waals surface area contributed by atoms with Crippen LogP contribution in [0.2, 0.25) is 0 Å². The summed E-state index contributed by atoms with van der Waals surface area (Å²) in [5.74, 6) is 0.832. The molecule has 1 N–H and O–H groups in total. The van der Waals surface area contributed by atoms with Crippen molar-refractivity contribution in [2.24, 2.45) is 11.3 Å². The normalized spacial score (nSPS) is 28.5. The SMILES string of the molecule is CC(O)C(C)N1CCCC(C(C)(C)C)CC1. The molecular weight excluding hydrogens is 198 g/mol. The van der Waals surface area contributed by atoms with Crippen molar-refractivity contribution in [2.75, 3.05) is 13.1 Å². The Morgan fingerprint density at radius 1 is 1.12 bits per heavy atom. The summed E-state index contributed by atoms with van der Waals surface area (Å²) >= 11 is 0. The van der Waals surface area contributed by atoms with E-state index in [4.69, 9.17) is 0 Å². The van der Waals surface area contributed by atoms with Gasteiger partial charge in [0.1, 0.15) is 0 Å². The minimum atomic E-state index is -0.216. The number of hydrogen-bond acceptors (Lipinski definition) is 2. The van der Waals surface area contributed by atoms with Gasteiger partial charge in [0.25, 0.3) is 0 Å². The molecule has 1 fully saturated rings. The Morgan fingerprint density at radius 3 is 2.25 bits per heavy atom. The fraction of sp³-hybridized carbons (Fsp3) is 1.00. The Kier molecular flexibility index (Phi) is 4.81. The van der Waals surface area contributed by atoms with E-state index in [0.29, 0.717) is 11.5 Å². The highest BCUT2D eigenvalue weighted by Crippen LogP contribution is 2.34. The summed E-state index contributed by atoms with van der Waals surface area (Å²) in [6, 6.07) is 0.304. The maximum absolute atomic E-state index is 9.65. The van der Waals surface area contributed by atoms with E-state index in [1.165, 1.54) is 19.3 Å². The number of likely N-dealkylation sites (tertiary alicyclic amines) is 1. The Bertz CT molecular complexity index is 207. The highest BCUT2D eigenvalue weighted by atomic mass is 16.3. The summed E-state index contributed by atoms with van der Waals surface area (Å²) in [7, 11) is 0. The predicted octanol–water partition coefficient (Wildman–Crippen LogP) is 2.90. The van der Waals surface area contributed by atoms with Crippen molar-refractivity contribution >= 4 is 0 Å². The van der Waals surface area contributed by atoms with Crippen molar-refractivity contribution in [3.05, 3.63) is 0 Å². The molecule has 0 saturated carbocycles. The van der Waals surface area contributed by atoms with Crippen LogP contribution in [0.25, 0.3) is 0 Å². The second kappa shape index (κ2) is 5.50. The fourth-order valence-electron chi connectivity index (χ4n) is 2.70. The highest BCUT2D eigenvalue weighted by Gasteiger charge is 2.29. The van der Waals surface area contributed by atoms with Crippen LogP contribution < -0.4 is 0 Å². The van der Waals surface area contributed by atoms with E-state index in [0.717, 1.165) is 19.0 Å². The minimum Gasteiger partial charge on any atom is -0.392 e. The van der Waals surface area contributed by atoms with Gasteiger partial charge in [-0.15, -0.1) is 0 Å². The molecule has 0 bridgehead atoms. The predicted molar refractivity (Wildman–Crippen MR) is 69.5 cm³/mol. The molecule has 1 aliphatic heterocycles. The zero-order chi connectivity index (χ0) is 12.3. The average molecular weight is 227 g/mol. The molecule has 0 aromatic carbocycles. The lowest BCUT2D eigenvalue weighted by Gasteiger charge is -2.31. The lowest BCUT2D eigenvalue weighted by atomic mass is 9.77. The van der Waals surface area contributed by atoms with Gasteiger partial charge in [0.05, 0.1) is 6.10 Å². The van der Waals surface area contributed by atoms with Crippen LogP contribution in [0.3, 0.4) is 0 Å². The molecule has 1 saturated heterocycles. The Hall–Kier alpha value is -0.0800. The summed E-state index contributed by atoms with van der Waals surface area (Å²) in [4.78, 5) is 2.45. The lowest BCUT2D eigenvalue weighted by Crippen LogP contribution is -2.41. The first-order chi connectivity index (χ1) is 7.32. The van der Waals surface area contributed by atoms with Gasteiger partial charge in [-0.1, -0.05) is 20.8 Å². The Labute approximate surface area is 101 Å². The molecule has 0 radical (unpaired) electrons. The molecule has 0 aromatic rings. The Balaban J connectivity index is 2.53. The van der Waals surface area contributed by atoms with E-state index in [1.807, 2.05) is 6.92 Å². The molecule has 3 unspecified atom stereocenters. The standard InChI is InChI=1S/C14H29NO/c1-11(12(2)16)15-9-6-7-13(8-10-15)14(3,4)5/h11-13,16H,6-10H2,1-5H3. The van der Waals surface area contributed by atoms with Crippen LogP contribution in [-0.2, 0) is 0 Å². The second-order valence-corrected chi connectivity index (χ2v) is 6.51. The molecule has 1 aliphatic rings. The monoisotopic (exact) mass is 227 g/mol. The molecule has 0 spiro atoms. The van der Waals surface area contributed by atoms with Gasteiger partial charge in [0.2, 0.25) is 0 Å². The van der Waals surface area contributed by atoms with Crippen LogP contribution >= 0.6 is 0 Å². The molecule has 2 nitrogen and oxygen atoms in total. The number of aliphatic hydroxyl groups is 1. The van der Waals surface area contributed by atoms with Gasteiger partial charge in [-0.05, 0) is 57.5 Å². The first kappa shape index (κ1) is 14.0. The number of nitrogens with zero attached hydrogens (tertiary/aromatic N) is 1. The molecule has 16 heavy (non-hydrogen) atoms. The van der Waals surface area contributed by atoms with Gasteiger partial charge in [0.15, 0.2) is 0 Å². The van der Waals surface area contributed by atoms with Gasteiger partial charge in [-0.25, -0.2) is 0 Å². The van der Waals surface area contributed by atoms with Gasteiger partial charge in [-0.3, -0.25) is 4.90 Å². The van der Waals surface area contributed by atoms with Crippen LogP contribution in [-0.4, -0.2) is 35.2 Å². The van der Waals surface area contributed by atoms with Crippen LogP contribution in [0.4, 0.5) is 0 Å². The van der Waals surface area contributed by atoms with Crippen molar-refractivity contribution in [1.82, 2.24) is 4.90 Å². The average Bonchev–Trinajstić information content (AvgIpc) is 2.40. The molecular formula is C14H29NO. The van der Waals surface area contributed by atoms with E-state index >= 15 is 0 Å². The van der Waals surface area contributed by atoms with Crippen molar-refractivity contribution < 1.29 is 5.11 Å². The van der Waals surface area contributed by atoms with Gasteiger partial charge in [0, 0.05) is 6.04 Å². The van der Waals surface area contributed by atoms with Gasteiger partial charge in [-0.2, -0.15) is 0 Å². The third-order valence-corrected chi connectivity index (χ3v) is 4.26. The van der Waals surface area contributed by atoms with Crippen LogP contribution in [0, 0.1) is 11.3 Å². The number of hydrogen-bond donors (Lipinski definition) is 1. The minimum absolute atomic E-state index is 0.216. The summed E-state index contributed by atoms with van der Waals surface area (Å²) in [5, 5.41) is 9.65. The van der Waals surface area contributed by atoms with E-state index < -0.39 is 0 Å². The Morgan fingerprint density at radius 2 is 1.75 bits per heavy atom. The topological polar surface area (TPSA) is 23.5 Å². The van der Waals surface area contributed by atoms with Crippen molar-refractivity contribution in [2.45, 2.75) is 66.0 Å². The molecule has 0 aromatic heterocycles. The summed E-state index contributed by atoms with van der Waals surface area (Å²) < 4.78 is 0. The smallest absolute Gasteiger partial charge is 0.0664 e. The molecule has 2 heteroatoms. The molecule has 0 amide bonds. The second-order valence-electron chi connectivity index (χ2n) is 6.51. The third kappa shape index (κ3) is 3.74. The van der Waals surface area contributed by atoms with Gasteiger partial charge >= 0.3 is 0 Å². The van der Waals surface area contributed by atoms with Crippen LogP contribution in [0.5, 0.6) is 0 Å². The van der Waals surface area contributed by atoms with E-state index in [-0.39, 0.29) is 6.10 Å². The largest absolute Gasteiger partial charge is 0.392 e. The third-order valence-electron chi connectivity index (χ3n) is 4.26. The van der Waals surface area contributed by atoms with Crippen molar-refractivity contribution in [3.8, 4) is 0 Å². The maximum Gasteiger partial charge on any atom is 0.0664 e. The van der Waals surface area contributed by atoms with Gasteiger partial charge < -0.3 is 5.11 Å². The zero-order valence-corrected chi connectivity index (χ0v) is 11.7. The quantitative estimate of drug-likeness (QED) is 0.784. The van der Waals surface area contributed by atoms with E-state index in [1.54, 1.807) is 0 Å². The van der Waals surface area contributed by atoms with Crippen molar-refractivity contribution in [3.63, 3.8) is 0 Å². The lowest BCUT2D eigenvalue weighted by molar-refractivity contribution is 0.0708. The number of aliphatic hydroxyl groups excluding tert-OH is 1. The first-order valence-electron chi connectivity index (χ1n) is 6.74. The molecule has 1 rings (SSSR count). The molecule has 1 heterocycles. The van der Waals surface area contributed by atoms with E-state index in [2.05, 4.69) is 32.6 Å². The molecule has 96 valence electrons. The maximum atomic E-state index is 9.65. The van der Waals surface area contributed by atoms with Crippen LogP contribution in [0.15, 0.2) is 0 Å². The summed E-state index contributed by atoms with van der Waals surface area (Å²) in [6.07, 6.45) is 3.68. The van der Waals surface area contributed by atoms with E-state index in [9.17, 15) is 5.11 Å². The first-order valence-corrected chi connectivity index (χ1v) is 6.74. The molecule has 3 atom stereocenters. The fourth-order valence-corrected chi connectivity index (χ4v) is 2.70. The van der Waals surface area contributed by atoms with Crippen LogP contribution in [0.1, 0.15) is 53.9 Å². The summed E-state index contributed by atoms with van der Waals surface area (Å²) in [6.45, 7) is 13.4. The van der Waals surface area contributed by atoms with Crippen molar-refractivity contribution in [1.29, 1.82) is 0 Å². The zero-order valence-electron chi connectivity index (χ0n) is 11.7. The number of rotatable bonds is 2.